The number of nitrogens with zero attached hydrogens (tertiary/aromatic N) is 3. The first-order chi connectivity index (χ1) is 8.59. The van der Waals surface area contributed by atoms with Crippen molar-refractivity contribution in [2.45, 2.75) is 45.6 Å². The molecule has 1 saturated heterocycles. The Balaban J connectivity index is 2.24. The fourth-order valence-corrected chi connectivity index (χ4v) is 2.62. The molecule has 1 aliphatic rings. The topological polar surface area (TPSA) is 38.1 Å². The highest BCUT2D eigenvalue weighted by molar-refractivity contribution is 5.78. The van der Waals surface area contributed by atoms with E-state index in [4.69, 9.17) is 0 Å². The number of aryl methyl sites for hydroxylation is 1. The van der Waals surface area contributed by atoms with Gasteiger partial charge in [-0.15, -0.1) is 0 Å². The SMILES string of the molecule is CC(C)C(=O)N1CCCCC[C@@H]1c1ccn(C)n1. The van der Waals surface area contributed by atoms with Gasteiger partial charge in [-0.1, -0.05) is 26.7 Å². The first-order valence-corrected chi connectivity index (χ1v) is 6.89. The third-order valence-electron chi connectivity index (χ3n) is 3.61. The Morgan fingerprint density at radius 1 is 1.39 bits per heavy atom. The lowest BCUT2D eigenvalue weighted by atomic mass is 10.1. The quantitative estimate of drug-likeness (QED) is 0.807. The molecule has 2 heterocycles. The second-order valence-corrected chi connectivity index (χ2v) is 5.47. The van der Waals surface area contributed by atoms with E-state index in [1.165, 1.54) is 12.8 Å². The van der Waals surface area contributed by atoms with Gasteiger partial charge in [0.15, 0.2) is 0 Å². The minimum absolute atomic E-state index is 0.0642. The average molecular weight is 249 g/mol. The monoisotopic (exact) mass is 249 g/mol. The van der Waals surface area contributed by atoms with Crippen LogP contribution in [0.1, 0.15) is 51.3 Å². The third kappa shape index (κ3) is 2.74. The summed E-state index contributed by atoms with van der Waals surface area (Å²) in [4.78, 5) is 14.4. The number of likely N-dealkylation sites (tertiary alicyclic amines) is 1. The Morgan fingerprint density at radius 2 is 2.17 bits per heavy atom. The van der Waals surface area contributed by atoms with Crippen molar-refractivity contribution in [1.29, 1.82) is 0 Å². The standard InChI is InChI=1S/C14H23N3O/c1-11(2)14(18)17-9-6-4-5-7-13(17)12-8-10-16(3)15-12/h8,10-11,13H,4-7,9H2,1-3H3/t13-/m1/s1. The van der Waals surface area contributed by atoms with Crippen LogP contribution in [0.2, 0.25) is 0 Å². The predicted molar refractivity (Wildman–Crippen MR) is 71.0 cm³/mol. The zero-order chi connectivity index (χ0) is 13.1. The van der Waals surface area contributed by atoms with Gasteiger partial charge in [0.05, 0.1) is 11.7 Å². The van der Waals surface area contributed by atoms with Crippen LogP contribution in [0.5, 0.6) is 0 Å². The number of hydrogen-bond donors (Lipinski definition) is 0. The summed E-state index contributed by atoms with van der Waals surface area (Å²) in [6.45, 7) is 4.82. The molecule has 0 N–H and O–H groups in total. The van der Waals surface area contributed by atoms with Gasteiger partial charge in [0.1, 0.15) is 0 Å². The molecule has 100 valence electrons. The van der Waals surface area contributed by atoms with Crippen LogP contribution in [0.25, 0.3) is 0 Å². The van der Waals surface area contributed by atoms with Crippen molar-refractivity contribution in [1.82, 2.24) is 14.7 Å². The van der Waals surface area contributed by atoms with Crippen molar-refractivity contribution < 1.29 is 4.79 Å². The molecule has 1 aromatic heterocycles. The number of carbonyl (C=O) groups is 1. The summed E-state index contributed by atoms with van der Waals surface area (Å²) in [5, 5.41) is 4.49. The highest BCUT2D eigenvalue weighted by atomic mass is 16.2. The number of rotatable bonds is 2. The fraction of sp³-hybridized carbons (Fsp3) is 0.714. The molecule has 18 heavy (non-hydrogen) atoms. The van der Waals surface area contributed by atoms with Gasteiger partial charge >= 0.3 is 0 Å². The molecule has 0 unspecified atom stereocenters. The summed E-state index contributed by atoms with van der Waals surface area (Å²) in [6, 6.07) is 2.21. The van der Waals surface area contributed by atoms with Crippen molar-refractivity contribution in [3.05, 3.63) is 18.0 Å². The van der Waals surface area contributed by atoms with Crippen molar-refractivity contribution >= 4 is 5.91 Å². The van der Waals surface area contributed by atoms with Crippen molar-refractivity contribution in [2.24, 2.45) is 13.0 Å². The number of carbonyl (C=O) groups excluding carboxylic acids is 1. The highest BCUT2D eigenvalue weighted by Crippen LogP contribution is 2.30. The van der Waals surface area contributed by atoms with Crippen LogP contribution >= 0.6 is 0 Å². The zero-order valence-electron chi connectivity index (χ0n) is 11.6. The number of aromatic nitrogens is 2. The summed E-state index contributed by atoms with van der Waals surface area (Å²) < 4.78 is 1.82. The fourth-order valence-electron chi connectivity index (χ4n) is 2.62. The first kappa shape index (κ1) is 13.1. The van der Waals surface area contributed by atoms with Crippen LogP contribution in [0, 0.1) is 5.92 Å². The van der Waals surface area contributed by atoms with E-state index < -0.39 is 0 Å². The van der Waals surface area contributed by atoms with Crippen LogP contribution in [0.3, 0.4) is 0 Å². The van der Waals surface area contributed by atoms with Gasteiger partial charge in [0.2, 0.25) is 5.91 Å². The van der Waals surface area contributed by atoms with Gasteiger partial charge < -0.3 is 4.90 Å². The second kappa shape index (κ2) is 5.55. The van der Waals surface area contributed by atoms with E-state index >= 15 is 0 Å². The minimum atomic E-state index is 0.0642. The molecule has 0 bridgehead atoms. The molecule has 0 spiro atoms. The van der Waals surface area contributed by atoms with E-state index in [1.807, 2.05) is 42.7 Å². The Bertz CT molecular complexity index is 411. The molecule has 1 aliphatic heterocycles. The Morgan fingerprint density at radius 3 is 2.78 bits per heavy atom. The molecule has 1 atom stereocenters. The second-order valence-electron chi connectivity index (χ2n) is 5.47. The molecule has 1 fully saturated rings. The Kier molecular flexibility index (Phi) is 4.04. The lowest BCUT2D eigenvalue weighted by molar-refractivity contribution is -0.137. The van der Waals surface area contributed by atoms with E-state index in [0.29, 0.717) is 0 Å². The maximum absolute atomic E-state index is 12.3. The molecule has 4 nitrogen and oxygen atoms in total. The summed E-state index contributed by atoms with van der Waals surface area (Å²) in [5.41, 5.74) is 1.04. The van der Waals surface area contributed by atoms with E-state index in [1.54, 1.807) is 0 Å². The van der Waals surface area contributed by atoms with Crippen LogP contribution in [-0.2, 0) is 11.8 Å². The average Bonchev–Trinajstić information content (AvgIpc) is 2.63. The van der Waals surface area contributed by atoms with Crippen LogP contribution < -0.4 is 0 Å². The molecule has 0 aliphatic carbocycles. The normalized spacial score (nSPS) is 21.1. The zero-order valence-corrected chi connectivity index (χ0v) is 11.6. The third-order valence-corrected chi connectivity index (χ3v) is 3.61. The van der Waals surface area contributed by atoms with Gasteiger partial charge in [-0.05, 0) is 18.9 Å². The van der Waals surface area contributed by atoms with Crippen LogP contribution in [0.15, 0.2) is 12.3 Å². The van der Waals surface area contributed by atoms with Gasteiger partial charge in [-0.25, -0.2) is 0 Å². The highest BCUT2D eigenvalue weighted by Gasteiger charge is 2.29. The minimum Gasteiger partial charge on any atom is -0.334 e. The Hall–Kier alpha value is -1.32. The van der Waals surface area contributed by atoms with Crippen LogP contribution in [-0.4, -0.2) is 27.1 Å². The molecule has 1 amide bonds. The van der Waals surface area contributed by atoms with Gasteiger partial charge in [-0.3, -0.25) is 9.48 Å². The summed E-state index contributed by atoms with van der Waals surface area (Å²) in [7, 11) is 1.93. The Labute approximate surface area is 109 Å². The van der Waals surface area contributed by atoms with Crippen LogP contribution in [0.4, 0.5) is 0 Å². The maximum Gasteiger partial charge on any atom is 0.225 e. The predicted octanol–water partition coefficient (Wildman–Crippen LogP) is 2.52. The molecule has 1 aromatic rings. The molecule has 4 heteroatoms. The molecule has 2 rings (SSSR count). The lowest BCUT2D eigenvalue weighted by Gasteiger charge is -2.30. The van der Waals surface area contributed by atoms with E-state index in [-0.39, 0.29) is 17.9 Å². The summed E-state index contributed by atoms with van der Waals surface area (Å²) in [5.74, 6) is 0.321. The summed E-state index contributed by atoms with van der Waals surface area (Å²) in [6.07, 6.45) is 6.50. The van der Waals surface area contributed by atoms with E-state index in [2.05, 4.69) is 5.10 Å². The molecular formula is C14H23N3O. The number of amides is 1. The number of hydrogen-bond acceptors (Lipinski definition) is 2. The van der Waals surface area contributed by atoms with Crippen molar-refractivity contribution in [3.63, 3.8) is 0 Å². The van der Waals surface area contributed by atoms with Crippen molar-refractivity contribution in [2.75, 3.05) is 6.54 Å². The van der Waals surface area contributed by atoms with Gasteiger partial charge in [0.25, 0.3) is 0 Å². The van der Waals surface area contributed by atoms with Gasteiger partial charge in [-0.2, -0.15) is 5.10 Å². The lowest BCUT2D eigenvalue weighted by Crippen LogP contribution is -2.37. The van der Waals surface area contributed by atoms with E-state index in [0.717, 1.165) is 25.1 Å². The molecular weight excluding hydrogens is 226 g/mol. The first-order valence-electron chi connectivity index (χ1n) is 6.89. The van der Waals surface area contributed by atoms with Crippen molar-refractivity contribution in [3.8, 4) is 0 Å². The molecule has 0 saturated carbocycles. The molecule has 0 aromatic carbocycles. The maximum atomic E-state index is 12.3. The molecule has 0 radical (unpaired) electrons. The smallest absolute Gasteiger partial charge is 0.225 e. The largest absolute Gasteiger partial charge is 0.334 e. The summed E-state index contributed by atoms with van der Waals surface area (Å²) >= 11 is 0. The van der Waals surface area contributed by atoms with Gasteiger partial charge in [0, 0.05) is 25.7 Å². The van der Waals surface area contributed by atoms with E-state index in [9.17, 15) is 4.79 Å².